The lowest BCUT2D eigenvalue weighted by atomic mass is 9.93. The maximum atomic E-state index is 14.0. The van der Waals surface area contributed by atoms with E-state index in [-0.39, 0.29) is 16.9 Å². The van der Waals surface area contributed by atoms with Crippen LogP contribution in [0.1, 0.15) is 17.7 Å². The first-order valence-electron chi connectivity index (χ1n) is 8.24. The number of aromatic nitrogens is 2. The normalized spacial score (nSPS) is 13.3. The number of nitrogens with two attached hydrogens (primary N) is 3. The zero-order chi connectivity index (χ0) is 19.3. The number of nitrogen functional groups attached to an aromatic ring is 2. The Kier molecular flexibility index (Phi) is 4.11. The summed E-state index contributed by atoms with van der Waals surface area (Å²) in [6, 6.07) is 2.71. The van der Waals surface area contributed by atoms with Crippen LogP contribution in [0.3, 0.4) is 0 Å². The number of benzene rings is 1. The fourth-order valence-corrected chi connectivity index (χ4v) is 3.91. The second-order valence-corrected chi connectivity index (χ2v) is 6.96. The Morgan fingerprint density at radius 3 is 2.85 bits per heavy atom. The first-order valence-corrected chi connectivity index (χ1v) is 9.03. The molecule has 7 N–H and O–H groups in total. The predicted octanol–water partition coefficient (Wildman–Crippen LogP) is 1.16. The quantitative estimate of drug-likeness (QED) is 0.274. The third-order valence-electron chi connectivity index (χ3n) is 4.66. The molecule has 9 heteroatoms. The van der Waals surface area contributed by atoms with Gasteiger partial charge in [-0.1, -0.05) is 6.07 Å². The van der Waals surface area contributed by atoms with Crippen LogP contribution in [0.2, 0.25) is 0 Å². The first-order chi connectivity index (χ1) is 12.9. The molecule has 1 aromatic carbocycles. The van der Waals surface area contributed by atoms with Gasteiger partial charge in [-0.25, -0.2) is 9.37 Å². The van der Waals surface area contributed by atoms with Gasteiger partial charge in [0.05, 0.1) is 34.5 Å². The van der Waals surface area contributed by atoms with Crippen molar-refractivity contribution in [2.45, 2.75) is 12.8 Å². The number of aromatic amines is 1. The van der Waals surface area contributed by atoms with Crippen LogP contribution < -0.4 is 27.2 Å². The van der Waals surface area contributed by atoms with E-state index in [2.05, 4.69) is 25.9 Å². The number of hydrogen-bond acceptors (Lipinski definition) is 5. The highest BCUT2D eigenvalue weighted by molar-refractivity contribution is 9.10. The van der Waals surface area contributed by atoms with E-state index in [4.69, 9.17) is 21.6 Å². The summed E-state index contributed by atoms with van der Waals surface area (Å²) in [6.45, 7) is 0.519. The molecule has 138 valence electrons. The van der Waals surface area contributed by atoms with Crippen molar-refractivity contribution in [1.82, 2.24) is 9.97 Å². The topological polar surface area (TPSA) is 133 Å². The number of anilines is 2. The summed E-state index contributed by atoms with van der Waals surface area (Å²) in [4.78, 5) is 19.7. The first kappa shape index (κ1) is 17.5. The monoisotopic (exact) mass is 432 g/mol. The van der Waals surface area contributed by atoms with E-state index in [1.54, 1.807) is 0 Å². The molecule has 2 aromatic heterocycles. The highest BCUT2D eigenvalue weighted by Gasteiger charge is 2.26. The molecule has 1 aliphatic heterocycles. The van der Waals surface area contributed by atoms with Gasteiger partial charge < -0.3 is 21.2 Å². The molecule has 7 nitrogen and oxygen atoms in total. The zero-order valence-corrected chi connectivity index (χ0v) is 15.7. The molecule has 0 spiro atoms. The molecule has 0 radical (unpaired) electrons. The lowest BCUT2D eigenvalue weighted by Gasteiger charge is -2.22. The van der Waals surface area contributed by atoms with Gasteiger partial charge in [0, 0.05) is 11.1 Å². The number of H-pyrrole nitrogens is 1. The molecule has 0 amide bonds. The Hall–Kier alpha value is -2.94. The molecule has 3 aromatic rings. The molecule has 0 unspecified atom stereocenters. The SMILES string of the molecule is Nc1c(F)ccc(-c2c(N)c(=O)[nH]c3c(Br)nc4c(c23)OCCC4)c1C=[NH2+]. The van der Waals surface area contributed by atoms with E-state index in [9.17, 15) is 9.18 Å². The Morgan fingerprint density at radius 2 is 2.11 bits per heavy atom. The zero-order valence-electron chi connectivity index (χ0n) is 14.1. The summed E-state index contributed by atoms with van der Waals surface area (Å²) in [5, 5.41) is 6.29. The van der Waals surface area contributed by atoms with E-state index >= 15 is 0 Å². The van der Waals surface area contributed by atoms with Gasteiger partial charge in [-0.15, -0.1) is 0 Å². The Labute approximate surface area is 161 Å². The van der Waals surface area contributed by atoms with Gasteiger partial charge in [0.2, 0.25) is 0 Å². The number of aryl methyl sites for hydroxylation is 1. The number of nitrogens with zero attached hydrogens (tertiary/aromatic N) is 1. The van der Waals surface area contributed by atoms with E-state index in [1.807, 2.05) is 0 Å². The van der Waals surface area contributed by atoms with E-state index in [1.165, 1.54) is 18.3 Å². The standard InChI is InChI=1S/C18H15BrFN5O2/c19-17-15-12(16-10(24-17)2-1-5-27-16)11(14(23)18(26)25-15)7-3-4-9(20)13(22)8(7)6-21/h3-4,6,21H,1-2,5,22-23H2,(H,25,26)/p+1. The number of halogens is 2. The van der Waals surface area contributed by atoms with Crippen LogP contribution in [0.15, 0.2) is 21.5 Å². The smallest absolute Gasteiger partial charge is 0.272 e. The van der Waals surface area contributed by atoms with Crippen molar-refractivity contribution in [3.63, 3.8) is 0 Å². The average molecular weight is 433 g/mol. The molecule has 27 heavy (non-hydrogen) atoms. The van der Waals surface area contributed by atoms with Crippen molar-refractivity contribution in [3.8, 4) is 16.9 Å². The van der Waals surface area contributed by atoms with Crippen LogP contribution in [-0.4, -0.2) is 22.8 Å². The minimum absolute atomic E-state index is 0.0360. The molecule has 0 atom stereocenters. The van der Waals surface area contributed by atoms with Crippen molar-refractivity contribution in [2.24, 2.45) is 0 Å². The van der Waals surface area contributed by atoms with Crippen LogP contribution >= 0.6 is 15.9 Å². The third-order valence-corrected chi connectivity index (χ3v) is 5.23. The molecule has 3 heterocycles. The van der Waals surface area contributed by atoms with Crippen molar-refractivity contribution in [1.29, 1.82) is 0 Å². The molecule has 0 fully saturated rings. The number of nitrogens with one attached hydrogen (secondary N) is 1. The Balaban J connectivity index is 2.24. The predicted molar refractivity (Wildman–Crippen MR) is 105 cm³/mol. The number of pyridine rings is 2. The minimum atomic E-state index is -0.607. The van der Waals surface area contributed by atoms with Crippen LogP contribution in [0.5, 0.6) is 5.75 Å². The average Bonchev–Trinajstić information content (AvgIpc) is 2.66. The highest BCUT2D eigenvalue weighted by Crippen LogP contribution is 2.43. The van der Waals surface area contributed by atoms with E-state index in [0.29, 0.717) is 39.0 Å². The lowest BCUT2D eigenvalue weighted by Crippen LogP contribution is -2.31. The number of hydrogen-bond donors (Lipinski definition) is 4. The van der Waals surface area contributed by atoms with Gasteiger partial charge in [0.25, 0.3) is 5.56 Å². The summed E-state index contributed by atoms with van der Waals surface area (Å²) in [5.74, 6) is -0.0624. The van der Waals surface area contributed by atoms with Gasteiger partial charge in [-0.05, 0) is 34.8 Å². The fourth-order valence-electron chi connectivity index (χ4n) is 3.39. The van der Waals surface area contributed by atoms with Gasteiger partial charge in [0.1, 0.15) is 16.1 Å². The molecule has 1 aliphatic rings. The van der Waals surface area contributed by atoms with Crippen LogP contribution in [0.25, 0.3) is 22.0 Å². The summed E-state index contributed by atoms with van der Waals surface area (Å²) in [7, 11) is 0. The fraction of sp³-hybridized carbons (Fsp3) is 0.167. The van der Waals surface area contributed by atoms with Crippen molar-refractivity contribution < 1.29 is 14.5 Å². The third kappa shape index (κ3) is 2.57. The van der Waals surface area contributed by atoms with Gasteiger partial charge >= 0.3 is 0 Å². The molecule has 0 bridgehead atoms. The largest absolute Gasteiger partial charge is 0.491 e. The summed E-state index contributed by atoms with van der Waals surface area (Å²) >= 11 is 3.41. The van der Waals surface area contributed by atoms with Crippen LogP contribution in [0, 0.1) is 5.82 Å². The lowest BCUT2D eigenvalue weighted by molar-refractivity contribution is -0.104. The van der Waals surface area contributed by atoms with Crippen molar-refractivity contribution in [2.75, 3.05) is 18.1 Å². The number of fused-ring (bicyclic) bond motifs is 3. The van der Waals surface area contributed by atoms with Crippen molar-refractivity contribution in [3.05, 3.63) is 44.2 Å². The molecule has 4 rings (SSSR count). The molecule has 0 saturated heterocycles. The maximum Gasteiger partial charge on any atom is 0.272 e. The summed E-state index contributed by atoms with van der Waals surface area (Å²) < 4.78 is 20.3. The van der Waals surface area contributed by atoms with E-state index in [0.717, 1.165) is 18.5 Å². The van der Waals surface area contributed by atoms with Crippen LogP contribution in [0.4, 0.5) is 15.8 Å². The summed E-state index contributed by atoms with van der Waals surface area (Å²) in [5.41, 5.74) is 13.6. The van der Waals surface area contributed by atoms with E-state index < -0.39 is 11.4 Å². The summed E-state index contributed by atoms with van der Waals surface area (Å²) in [6.07, 6.45) is 2.75. The molecular weight excluding hydrogens is 417 g/mol. The second-order valence-electron chi connectivity index (χ2n) is 6.21. The molecule has 0 saturated carbocycles. The molecule has 0 aliphatic carbocycles. The minimum Gasteiger partial charge on any atom is -0.491 e. The second kappa shape index (κ2) is 6.34. The Morgan fingerprint density at radius 1 is 1.33 bits per heavy atom. The highest BCUT2D eigenvalue weighted by atomic mass is 79.9. The number of ether oxygens (including phenoxy) is 1. The Bertz CT molecular complexity index is 1180. The van der Waals surface area contributed by atoms with Gasteiger partial charge in [-0.2, -0.15) is 0 Å². The molecular formula is C18H16BrFN5O2+. The van der Waals surface area contributed by atoms with Gasteiger partial charge in [0.15, 0.2) is 12.0 Å². The van der Waals surface area contributed by atoms with Crippen molar-refractivity contribution >= 4 is 44.4 Å². The maximum absolute atomic E-state index is 14.0. The number of rotatable bonds is 2. The van der Waals surface area contributed by atoms with Gasteiger partial charge in [-0.3, -0.25) is 10.2 Å². The van der Waals surface area contributed by atoms with Crippen LogP contribution in [-0.2, 0) is 6.42 Å².